The van der Waals surface area contributed by atoms with E-state index in [0.29, 0.717) is 16.7 Å². The highest BCUT2D eigenvalue weighted by Crippen LogP contribution is 2.10. The van der Waals surface area contributed by atoms with Gasteiger partial charge in [-0.25, -0.2) is 9.97 Å². The third-order valence-corrected chi connectivity index (χ3v) is 4.25. The molecule has 0 saturated heterocycles. The fourth-order valence-corrected chi connectivity index (χ4v) is 2.83. The van der Waals surface area contributed by atoms with Crippen LogP contribution in [-0.4, -0.2) is 32.8 Å². The third-order valence-electron chi connectivity index (χ3n) is 3.46. The van der Waals surface area contributed by atoms with E-state index in [1.807, 2.05) is 18.4 Å². The lowest BCUT2D eigenvalue weighted by Crippen LogP contribution is -2.26. The number of aromatic nitrogens is 3. The molecule has 3 aromatic rings. The van der Waals surface area contributed by atoms with Crippen LogP contribution in [0.4, 0.5) is 0 Å². The van der Waals surface area contributed by atoms with Crippen LogP contribution in [0.15, 0.2) is 40.5 Å². The van der Waals surface area contributed by atoms with Crippen molar-refractivity contribution in [2.75, 3.05) is 7.05 Å². The summed E-state index contributed by atoms with van der Waals surface area (Å²) in [5.74, 6) is 0.268. The van der Waals surface area contributed by atoms with E-state index in [-0.39, 0.29) is 18.0 Å². The standard InChI is InChI=1S/C17H16N4O2S/c1-11-18-12(10-24-11)7-8-16(22)21(2)9-15-19-14-6-4-3-5-13(14)17(23)20-15/h3-8,10H,9H2,1-2H3,(H,19,20,23). The van der Waals surface area contributed by atoms with Crippen molar-refractivity contribution < 1.29 is 4.79 Å². The van der Waals surface area contributed by atoms with Crippen LogP contribution in [0.2, 0.25) is 0 Å². The Morgan fingerprint density at radius 3 is 2.88 bits per heavy atom. The van der Waals surface area contributed by atoms with Crippen molar-refractivity contribution in [2.24, 2.45) is 0 Å². The van der Waals surface area contributed by atoms with Crippen LogP contribution in [0.3, 0.4) is 0 Å². The molecule has 0 atom stereocenters. The lowest BCUT2D eigenvalue weighted by molar-refractivity contribution is -0.125. The van der Waals surface area contributed by atoms with Gasteiger partial charge >= 0.3 is 0 Å². The van der Waals surface area contributed by atoms with Gasteiger partial charge in [0, 0.05) is 18.5 Å². The molecule has 0 aliphatic carbocycles. The Labute approximate surface area is 142 Å². The van der Waals surface area contributed by atoms with Crippen molar-refractivity contribution in [3.8, 4) is 0 Å². The molecule has 0 unspecified atom stereocenters. The van der Waals surface area contributed by atoms with E-state index < -0.39 is 0 Å². The summed E-state index contributed by atoms with van der Waals surface area (Å²) in [6.07, 6.45) is 3.15. The number of benzene rings is 1. The highest BCUT2D eigenvalue weighted by atomic mass is 32.1. The number of likely N-dealkylation sites (N-methyl/N-ethyl adjacent to an activating group) is 1. The minimum Gasteiger partial charge on any atom is -0.335 e. The third kappa shape index (κ3) is 3.57. The second-order valence-corrected chi connectivity index (χ2v) is 6.41. The summed E-state index contributed by atoms with van der Waals surface area (Å²) in [6.45, 7) is 2.14. The maximum atomic E-state index is 12.2. The summed E-state index contributed by atoms with van der Waals surface area (Å²) in [7, 11) is 1.66. The van der Waals surface area contributed by atoms with Gasteiger partial charge in [0.2, 0.25) is 5.91 Å². The lowest BCUT2D eigenvalue weighted by Gasteiger charge is -2.14. The van der Waals surface area contributed by atoms with Gasteiger partial charge in [0.1, 0.15) is 5.82 Å². The first-order valence-corrected chi connectivity index (χ1v) is 8.24. The molecule has 0 aliphatic rings. The van der Waals surface area contributed by atoms with E-state index in [0.717, 1.165) is 10.7 Å². The van der Waals surface area contributed by atoms with Gasteiger partial charge in [-0.05, 0) is 25.1 Å². The van der Waals surface area contributed by atoms with Crippen molar-refractivity contribution in [3.05, 3.63) is 62.6 Å². The van der Waals surface area contributed by atoms with Crippen LogP contribution in [0, 0.1) is 6.92 Å². The Morgan fingerprint density at radius 1 is 1.33 bits per heavy atom. The molecule has 0 aliphatic heterocycles. The first-order chi connectivity index (χ1) is 11.5. The zero-order chi connectivity index (χ0) is 17.1. The second kappa shape index (κ2) is 6.76. The number of aryl methyl sites for hydroxylation is 1. The normalized spacial score (nSPS) is 11.2. The molecule has 6 nitrogen and oxygen atoms in total. The molecule has 24 heavy (non-hydrogen) atoms. The maximum absolute atomic E-state index is 12.2. The number of carbonyl (C=O) groups excluding carboxylic acids is 1. The number of thiazole rings is 1. The molecule has 2 aromatic heterocycles. The minimum absolute atomic E-state index is 0.184. The number of H-pyrrole nitrogens is 1. The summed E-state index contributed by atoms with van der Waals surface area (Å²) in [5, 5.41) is 3.38. The molecule has 122 valence electrons. The van der Waals surface area contributed by atoms with E-state index in [1.54, 1.807) is 31.3 Å². The van der Waals surface area contributed by atoms with Crippen LogP contribution in [-0.2, 0) is 11.3 Å². The topological polar surface area (TPSA) is 79.0 Å². The monoisotopic (exact) mass is 340 g/mol. The van der Waals surface area contributed by atoms with Gasteiger partial charge in [-0.2, -0.15) is 0 Å². The first-order valence-electron chi connectivity index (χ1n) is 7.36. The summed E-state index contributed by atoms with van der Waals surface area (Å²) in [6, 6.07) is 7.12. The average molecular weight is 340 g/mol. The largest absolute Gasteiger partial charge is 0.335 e. The van der Waals surface area contributed by atoms with Gasteiger partial charge < -0.3 is 9.88 Å². The fraction of sp³-hybridized carbons (Fsp3) is 0.176. The molecule has 1 amide bonds. The molecule has 1 N–H and O–H groups in total. The van der Waals surface area contributed by atoms with Crippen molar-refractivity contribution >= 4 is 34.2 Å². The number of amides is 1. The van der Waals surface area contributed by atoms with Crippen molar-refractivity contribution in [3.63, 3.8) is 0 Å². The van der Waals surface area contributed by atoms with Crippen LogP contribution < -0.4 is 5.56 Å². The van der Waals surface area contributed by atoms with Gasteiger partial charge in [-0.3, -0.25) is 9.59 Å². The Morgan fingerprint density at radius 2 is 2.12 bits per heavy atom. The molecule has 0 radical (unpaired) electrons. The van der Waals surface area contributed by atoms with Gasteiger partial charge in [-0.1, -0.05) is 12.1 Å². The smallest absolute Gasteiger partial charge is 0.258 e. The average Bonchev–Trinajstić information content (AvgIpc) is 2.98. The summed E-state index contributed by atoms with van der Waals surface area (Å²) < 4.78 is 0. The number of fused-ring (bicyclic) bond motifs is 1. The molecule has 3 rings (SSSR count). The maximum Gasteiger partial charge on any atom is 0.258 e. The van der Waals surface area contributed by atoms with Crippen LogP contribution in [0.5, 0.6) is 0 Å². The predicted octanol–water partition coefficient (Wildman–Crippen LogP) is 2.36. The van der Waals surface area contributed by atoms with E-state index >= 15 is 0 Å². The molecule has 0 saturated carbocycles. The van der Waals surface area contributed by atoms with E-state index in [2.05, 4.69) is 15.0 Å². The number of rotatable bonds is 4. The number of hydrogen-bond donors (Lipinski definition) is 1. The van der Waals surface area contributed by atoms with E-state index in [1.165, 1.54) is 22.3 Å². The molecule has 0 bridgehead atoms. The van der Waals surface area contributed by atoms with Gasteiger partial charge in [0.15, 0.2) is 0 Å². The number of aromatic amines is 1. The number of nitrogens with one attached hydrogen (secondary N) is 1. The molecule has 7 heteroatoms. The van der Waals surface area contributed by atoms with Crippen LogP contribution >= 0.6 is 11.3 Å². The molecule has 1 aromatic carbocycles. The van der Waals surface area contributed by atoms with E-state index in [4.69, 9.17) is 0 Å². The zero-order valence-electron chi connectivity index (χ0n) is 13.3. The van der Waals surface area contributed by atoms with Gasteiger partial charge in [-0.15, -0.1) is 11.3 Å². The number of hydrogen-bond acceptors (Lipinski definition) is 5. The minimum atomic E-state index is -0.204. The van der Waals surface area contributed by atoms with E-state index in [9.17, 15) is 9.59 Å². The summed E-state index contributed by atoms with van der Waals surface area (Å²) in [4.78, 5) is 37.1. The van der Waals surface area contributed by atoms with Gasteiger partial charge in [0.05, 0.1) is 28.1 Å². The number of carbonyl (C=O) groups is 1. The SMILES string of the molecule is Cc1nc(C=CC(=O)N(C)Cc2nc3ccccc3c(=O)[nH]2)cs1. The lowest BCUT2D eigenvalue weighted by atomic mass is 10.2. The van der Waals surface area contributed by atoms with Crippen molar-refractivity contribution in [2.45, 2.75) is 13.5 Å². The van der Waals surface area contributed by atoms with Crippen LogP contribution in [0.25, 0.3) is 17.0 Å². The quantitative estimate of drug-likeness (QED) is 0.740. The Kier molecular flexibility index (Phi) is 4.52. The molecule has 0 spiro atoms. The molecule has 2 heterocycles. The fourth-order valence-electron chi connectivity index (χ4n) is 2.25. The second-order valence-electron chi connectivity index (χ2n) is 5.35. The molecular formula is C17H16N4O2S. The molecule has 0 fully saturated rings. The number of nitrogens with zero attached hydrogens (tertiary/aromatic N) is 3. The Hall–Kier alpha value is -2.80. The Bertz CT molecular complexity index is 974. The van der Waals surface area contributed by atoms with Gasteiger partial charge in [0.25, 0.3) is 5.56 Å². The Balaban J connectivity index is 1.74. The van der Waals surface area contributed by atoms with Crippen molar-refractivity contribution in [1.82, 2.24) is 19.9 Å². The molecular weight excluding hydrogens is 324 g/mol. The summed E-state index contributed by atoms with van der Waals surface area (Å²) >= 11 is 1.53. The summed E-state index contributed by atoms with van der Waals surface area (Å²) in [5.41, 5.74) is 1.17. The zero-order valence-corrected chi connectivity index (χ0v) is 14.1. The highest BCUT2D eigenvalue weighted by Gasteiger charge is 2.09. The highest BCUT2D eigenvalue weighted by molar-refractivity contribution is 7.09. The predicted molar refractivity (Wildman–Crippen MR) is 94.7 cm³/mol. The number of para-hydroxylation sites is 1. The van der Waals surface area contributed by atoms with Crippen molar-refractivity contribution in [1.29, 1.82) is 0 Å². The van der Waals surface area contributed by atoms with Crippen LogP contribution in [0.1, 0.15) is 16.5 Å². The first kappa shape index (κ1) is 16.1.